The molecule has 1 N–H and O–H groups in total. The summed E-state index contributed by atoms with van der Waals surface area (Å²) >= 11 is 6.16. The highest BCUT2D eigenvalue weighted by Gasteiger charge is 2.27. The lowest BCUT2D eigenvalue weighted by Gasteiger charge is -2.26. The SMILES string of the molecule is Cc1ccc(C(=O)CCC(=O)Nc2cc(S(=O)(=O)N3CCOCC3)ccc2Cl)cc1C. The van der Waals surface area contributed by atoms with Crippen molar-refractivity contribution in [1.29, 1.82) is 0 Å². The van der Waals surface area contributed by atoms with Crippen LogP contribution in [0, 0.1) is 13.8 Å². The number of hydrogen-bond acceptors (Lipinski definition) is 5. The number of ether oxygens (including phenoxy) is 1. The van der Waals surface area contributed by atoms with Gasteiger partial charge in [-0.3, -0.25) is 9.59 Å². The molecule has 1 saturated heterocycles. The zero-order valence-corrected chi connectivity index (χ0v) is 19.1. The molecule has 0 spiro atoms. The molecule has 0 unspecified atom stereocenters. The Bertz CT molecular complexity index is 1100. The summed E-state index contributed by atoms with van der Waals surface area (Å²) in [5, 5.41) is 2.84. The van der Waals surface area contributed by atoms with Gasteiger partial charge in [0.1, 0.15) is 0 Å². The lowest BCUT2D eigenvalue weighted by Crippen LogP contribution is -2.40. The number of nitrogens with zero attached hydrogens (tertiary/aromatic N) is 1. The molecule has 0 aromatic heterocycles. The lowest BCUT2D eigenvalue weighted by atomic mass is 10.0. The fourth-order valence-corrected chi connectivity index (χ4v) is 4.80. The number of benzene rings is 2. The number of carbonyl (C=O) groups excluding carboxylic acids is 2. The molecule has 2 aromatic rings. The maximum Gasteiger partial charge on any atom is 0.243 e. The van der Waals surface area contributed by atoms with E-state index in [2.05, 4.69) is 5.32 Å². The minimum atomic E-state index is -3.72. The molecule has 0 aliphatic carbocycles. The van der Waals surface area contributed by atoms with Gasteiger partial charge in [0.05, 0.1) is 28.8 Å². The second kappa shape index (κ2) is 9.91. The third-order valence-corrected chi connectivity index (χ3v) is 7.45. The molecule has 7 nitrogen and oxygen atoms in total. The second-order valence-corrected chi connectivity index (χ2v) is 9.77. The van der Waals surface area contributed by atoms with Gasteiger partial charge in [-0.05, 0) is 49.2 Å². The summed E-state index contributed by atoms with van der Waals surface area (Å²) in [5.74, 6) is -0.548. The summed E-state index contributed by atoms with van der Waals surface area (Å²) in [6, 6.07) is 9.63. The van der Waals surface area contributed by atoms with Gasteiger partial charge >= 0.3 is 0 Å². The molecular formula is C22H25ClN2O5S. The maximum absolute atomic E-state index is 12.8. The molecule has 9 heteroatoms. The quantitative estimate of drug-likeness (QED) is 0.632. The minimum Gasteiger partial charge on any atom is -0.379 e. The summed E-state index contributed by atoms with van der Waals surface area (Å²) in [6.07, 6.45) is 0.000246. The second-order valence-electron chi connectivity index (χ2n) is 7.43. The van der Waals surface area contributed by atoms with Crippen molar-refractivity contribution >= 4 is 39.0 Å². The average Bonchev–Trinajstić information content (AvgIpc) is 2.76. The molecule has 166 valence electrons. The van der Waals surface area contributed by atoms with Crippen LogP contribution >= 0.6 is 11.6 Å². The number of halogens is 1. The standard InChI is InChI=1S/C22H25ClN2O5S/c1-15-3-4-17(13-16(15)2)21(26)7-8-22(27)24-20-14-18(5-6-19(20)23)31(28,29)25-9-11-30-12-10-25/h3-6,13-14H,7-12H2,1-2H3,(H,24,27). The Labute approximate surface area is 187 Å². The minimum absolute atomic E-state index is 0.0392. The maximum atomic E-state index is 12.8. The summed E-state index contributed by atoms with van der Waals surface area (Å²) in [7, 11) is -3.72. The van der Waals surface area contributed by atoms with Crippen molar-refractivity contribution in [3.05, 3.63) is 58.1 Å². The Balaban J connectivity index is 1.66. The van der Waals surface area contributed by atoms with Gasteiger partial charge in [0.2, 0.25) is 15.9 Å². The number of morpholine rings is 1. The number of anilines is 1. The van der Waals surface area contributed by atoms with E-state index >= 15 is 0 Å². The first-order chi connectivity index (χ1) is 14.7. The Morgan fingerprint density at radius 2 is 1.74 bits per heavy atom. The van der Waals surface area contributed by atoms with E-state index in [4.69, 9.17) is 16.3 Å². The monoisotopic (exact) mass is 464 g/mol. The van der Waals surface area contributed by atoms with Crippen molar-refractivity contribution in [1.82, 2.24) is 4.31 Å². The van der Waals surface area contributed by atoms with Crippen LogP contribution in [0.1, 0.15) is 34.3 Å². The van der Waals surface area contributed by atoms with Crippen LogP contribution in [-0.4, -0.2) is 50.7 Å². The van der Waals surface area contributed by atoms with E-state index in [1.54, 1.807) is 6.07 Å². The zero-order chi connectivity index (χ0) is 22.6. The number of hydrogen-bond donors (Lipinski definition) is 1. The molecule has 1 fully saturated rings. The number of aryl methyl sites for hydroxylation is 2. The summed E-state index contributed by atoms with van der Waals surface area (Å²) in [4.78, 5) is 24.8. The zero-order valence-electron chi connectivity index (χ0n) is 17.5. The fraction of sp³-hybridized carbons (Fsp3) is 0.364. The van der Waals surface area contributed by atoms with Gasteiger partial charge in [-0.1, -0.05) is 23.7 Å². The van der Waals surface area contributed by atoms with Crippen molar-refractivity contribution < 1.29 is 22.7 Å². The Morgan fingerprint density at radius 3 is 2.42 bits per heavy atom. The Hall–Kier alpha value is -2.26. The molecule has 0 atom stereocenters. The van der Waals surface area contributed by atoms with Crippen LogP contribution in [0.2, 0.25) is 5.02 Å². The third-order valence-electron chi connectivity index (χ3n) is 5.23. The highest BCUT2D eigenvalue weighted by atomic mass is 35.5. The van der Waals surface area contributed by atoms with Gasteiger partial charge in [-0.15, -0.1) is 0 Å². The number of carbonyl (C=O) groups is 2. The Kier molecular flexibility index (Phi) is 7.48. The van der Waals surface area contributed by atoms with E-state index in [1.807, 2.05) is 26.0 Å². The van der Waals surface area contributed by atoms with Crippen LogP contribution in [0.15, 0.2) is 41.3 Å². The Morgan fingerprint density at radius 1 is 1.03 bits per heavy atom. The van der Waals surface area contributed by atoms with Crippen molar-refractivity contribution in [3.8, 4) is 0 Å². The predicted molar refractivity (Wildman–Crippen MR) is 119 cm³/mol. The number of nitrogens with one attached hydrogen (secondary N) is 1. The normalized spacial score (nSPS) is 14.9. The predicted octanol–water partition coefficient (Wildman–Crippen LogP) is 3.58. The molecule has 2 aromatic carbocycles. The molecule has 0 radical (unpaired) electrons. The van der Waals surface area contributed by atoms with E-state index in [0.29, 0.717) is 18.8 Å². The van der Waals surface area contributed by atoms with Crippen LogP contribution < -0.4 is 5.32 Å². The number of amides is 1. The van der Waals surface area contributed by atoms with Gasteiger partial charge in [0.15, 0.2) is 5.78 Å². The topological polar surface area (TPSA) is 92.8 Å². The van der Waals surface area contributed by atoms with Gasteiger partial charge in [-0.25, -0.2) is 8.42 Å². The van der Waals surface area contributed by atoms with E-state index in [-0.39, 0.29) is 47.3 Å². The van der Waals surface area contributed by atoms with Crippen LogP contribution in [0.3, 0.4) is 0 Å². The van der Waals surface area contributed by atoms with E-state index in [9.17, 15) is 18.0 Å². The van der Waals surface area contributed by atoms with Crippen molar-refractivity contribution in [2.45, 2.75) is 31.6 Å². The molecule has 1 aliphatic heterocycles. The average molecular weight is 465 g/mol. The van der Waals surface area contributed by atoms with Crippen molar-refractivity contribution in [2.24, 2.45) is 0 Å². The molecule has 1 aliphatic rings. The molecule has 0 saturated carbocycles. The van der Waals surface area contributed by atoms with Gasteiger partial charge in [0, 0.05) is 31.5 Å². The van der Waals surface area contributed by atoms with Gasteiger partial charge < -0.3 is 10.1 Å². The summed E-state index contributed by atoms with van der Waals surface area (Å²) < 4.78 is 32.2. The van der Waals surface area contributed by atoms with Crippen molar-refractivity contribution in [3.63, 3.8) is 0 Å². The van der Waals surface area contributed by atoms with Crippen LogP contribution in [0.4, 0.5) is 5.69 Å². The summed E-state index contributed by atoms with van der Waals surface area (Å²) in [5.41, 5.74) is 2.86. The largest absolute Gasteiger partial charge is 0.379 e. The molecule has 31 heavy (non-hydrogen) atoms. The lowest BCUT2D eigenvalue weighted by molar-refractivity contribution is -0.116. The molecule has 1 amide bonds. The van der Waals surface area contributed by atoms with Crippen LogP contribution in [0.25, 0.3) is 0 Å². The van der Waals surface area contributed by atoms with E-state index in [1.165, 1.54) is 22.5 Å². The van der Waals surface area contributed by atoms with E-state index in [0.717, 1.165) is 11.1 Å². The van der Waals surface area contributed by atoms with E-state index < -0.39 is 15.9 Å². The first-order valence-corrected chi connectivity index (χ1v) is 11.8. The van der Waals surface area contributed by atoms with Crippen molar-refractivity contribution in [2.75, 3.05) is 31.6 Å². The molecular weight excluding hydrogens is 440 g/mol. The van der Waals surface area contributed by atoms with Crippen LogP contribution in [-0.2, 0) is 19.6 Å². The number of Topliss-reactive ketones (excluding diaryl/α,β-unsaturated/α-hetero) is 1. The highest BCUT2D eigenvalue weighted by molar-refractivity contribution is 7.89. The first-order valence-electron chi connectivity index (χ1n) is 9.96. The molecule has 3 rings (SSSR count). The van der Waals surface area contributed by atoms with Crippen LogP contribution in [0.5, 0.6) is 0 Å². The third kappa shape index (κ3) is 5.71. The van der Waals surface area contributed by atoms with Gasteiger partial charge in [0.25, 0.3) is 0 Å². The van der Waals surface area contributed by atoms with Gasteiger partial charge in [-0.2, -0.15) is 4.31 Å². The number of rotatable bonds is 7. The smallest absolute Gasteiger partial charge is 0.243 e. The number of sulfonamides is 1. The first kappa shape index (κ1) is 23.4. The summed E-state index contributed by atoms with van der Waals surface area (Å²) in [6.45, 7) is 5.11. The number of ketones is 1. The molecule has 1 heterocycles. The molecule has 0 bridgehead atoms. The fourth-order valence-electron chi connectivity index (χ4n) is 3.20. The highest BCUT2D eigenvalue weighted by Crippen LogP contribution is 2.27.